The van der Waals surface area contributed by atoms with Gasteiger partial charge in [-0.3, -0.25) is 4.90 Å². The van der Waals surface area contributed by atoms with Crippen LogP contribution in [0.2, 0.25) is 0 Å². The quantitative estimate of drug-likeness (QED) is 0.116. The standard InChI is InChI=1S/C12H24.C10H22N2.2C10H21N.C9H20N2.C9H19NO.2C9H19N/c1-10(2)12(3,4)11-8-6-5-7-9-11;1-10(2)4-5-12-8-6-11(3)7-9-12;1-9(2)8-10-4-6-11(3)7-5-10;1-10(2)6-9-11-7-4-3-5-8-11;1-9(2)3-6-11-7-4-10-5-8-11;1-9(2)3-4-10-5-7-11-8-6-10;1-8(2)7-9-3-5-10-6-4-9;1-9(2)5-8-10-6-3-4-7-10/h10-11H,5-9H2,1-4H3;10H,4-9H2,1-3H3;9-10H,4-8H2,1-3H3;10H,3-9H2,1-2H3;9-10H,3-8H2,1-2H3;9H,3-8H2,1-2H3;8-10H,3-7H2,1-2H3;9H,3-8H2,1-2H3. The topological polar surface area (TPSA) is 56.0 Å². The third-order valence-electron chi connectivity index (χ3n) is 20.7. The average molecular weight is 1250 g/mol. The van der Waals surface area contributed by atoms with E-state index in [4.69, 9.17) is 4.74 Å². The number of ether oxygens (including phenoxy) is 1. The normalized spacial score (nSPS) is 21.5. The first-order valence-electron chi connectivity index (χ1n) is 38.8. The molecular formula is C78H165N9O. The number of nitrogens with one attached hydrogen (secondary N) is 2. The molecule has 8 aliphatic rings. The summed E-state index contributed by atoms with van der Waals surface area (Å²) in [6.07, 6.45) is 29.8. The lowest BCUT2D eigenvalue weighted by Crippen LogP contribution is -2.44. The van der Waals surface area contributed by atoms with Crippen LogP contribution in [0.3, 0.4) is 0 Å². The Hall–Kier alpha value is -0.400. The summed E-state index contributed by atoms with van der Waals surface area (Å²) >= 11 is 0. The molecule has 10 nitrogen and oxygen atoms in total. The van der Waals surface area contributed by atoms with Crippen LogP contribution in [0.25, 0.3) is 0 Å². The van der Waals surface area contributed by atoms with Gasteiger partial charge in [-0.25, -0.2) is 0 Å². The van der Waals surface area contributed by atoms with E-state index in [-0.39, 0.29) is 0 Å². The van der Waals surface area contributed by atoms with Crippen LogP contribution in [-0.2, 0) is 4.74 Å². The lowest BCUT2D eigenvalue weighted by Gasteiger charge is -2.40. The SMILES string of the molecule is CC(C)C(C)(C)C1CCCCC1.CC(C)CC1CCN(C)CC1.CC(C)CC1CCNCC1.CC(C)CCN1CCCC1.CC(C)CCN1CCCCC1.CC(C)CCN1CCN(C)CC1.CC(C)CCN1CCNCC1.CC(C)CCN1CCOCC1. The largest absolute Gasteiger partial charge is 0.379 e. The molecule has 88 heavy (non-hydrogen) atoms. The Kier molecular flexibility index (Phi) is 52.3. The number of piperazine rings is 2. The molecule has 2 N–H and O–H groups in total. The number of likely N-dealkylation sites (tertiary alicyclic amines) is 3. The molecule has 0 aromatic carbocycles. The second kappa shape index (κ2) is 53.8. The number of likely N-dealkylation sites (N-methyl/N-ethyl adjacent to an activating group) is 1. The number of rotatable bonds is 21. The summed E-state index contributed by atoms with van der Waals surface area (Å²) < 4.78 is 5.26. The van der Waals surface area contributed by atoms with Crippen LogP contribution < -0.4 is 10.6 Å². The molecule has 0 spiro atoms. The molecule has 1 saturated carbocycles. The predicted molar refractivity (Wildman–Crippen MR) is 394 cm³/mol. The Morgan fingerprint density at radius 1 is 0.330 bits per heavy atom. The number of piperidine rings is 3. The van der Waals surface area contributed by atoms with Crippen molar-refractivity contribution in [3.8, 4) is 0 Å². The van der Waals surface area contributed by atoms with Gasteiger partial charge in [0.1, 0.15) is 0 Å². The summed E-state index contributed by atoms with van der Waals surface area (Å²) in [5, 5.41) is 6.75. The van der Waals surface area contributed by atoms with E-state index >= 15 is 0 Å². The van der Waals surface area contributed by atoms with Crippen molar-refractivity contribution < 1.29 is 4.74 Å². The fraction of sp³-hybridized carbons (Fsp3) is 1.00. The van der Waals surface area contributed by atoms with E-state index in [2.05, 4.69) is 184 Å². The van der Waals surface area contributed by atoms with Crippen LogP contribution in [0.15, 0.2) is 0 Å². The van der Waals surface area contributed by atoms with Gasteiger partial charge in [0.05, 0.1) is 13.2 Å². The van der Waals surface area contributed by atoms with Crippen molar-refractivity contribution in [1.82, 2.24) is 44.9 Å². The van der Waals surface area contributed by atoms with E-state index in [9.17, 15) is 0 Å². The van der Waals surface area contributed by atoms with Crippen molar-refractivity contribution >= 4 is 0 Å². The molecule has 7 aliphatic heterocycles. The minimum Gasteiger partial charge on any atom is -0.379 e. The molecule has 1 aliphatic carbocycles. The summed E-state index contributed by atoms with van der Waals surface area (Å²) in [4.78, 5) is 17.7. The fourth-order valence-corrected chi connectivity index (χ4v) is 13.3. The van der Waals surface area contributed by atoms with Gasteiger partial charge in [-0.15, -0.1) is 0 Å². The van der Waals surface area contributed by atoms with E-state index in [1.165, 1.54) is 272 Å². The molecule has 0 aromatic heterocycles. The highest BCUT2D eigenvalue weighted by molar-refractivity contribution is 4.83. The zero-order valence-corrected chi connectivity index (χ0v) is 63.9. The van der Waals surface area contributed by atoms with Gasteiger partial charge in [0.25, 0.3) is 0 Å². The number of morpholine rings is 1. The zero-order chi connectivity index (χ0) is 65.5. The minimum absolute atomic E-state index is 0.570. The molecule has 0 amide bonds. The second-order valence-electron chi connectivity index (χ2n) is 33.1. The number of hydrogen-bond acceptors (Lipinski definition) is 10. The number of hydrogen-bond donors (Lipinski definition) is 2. The second-order valence-corrected chi connectivity index (χ2v) is 33.1. The summed E-state index contributed by atoms with van der Waals surface area (Å²) in [5.41, 5.74) is 0.570. The van der Waals surface area contributed by atoms with Gasteiger partial charge in [-0.05, 0) is 279 Å². The van der Waals surface area contributed by atoms with Crippen LogP contribution in [0, 0.1) is 70.5 Å². The van der Waals surface area contributed by atoms with Gasteiger partial charge in [-0.1, -0.05) is 150 Å². The molecule has 7 saturated heterocycles. The molecule has 0 bridgehead atoms. The van der Waals surface area contributed by atoms with Gasteiger partial charge >= 0.3 is 0 Å². The van der Waals surface area contributed by atoms with Crippen LogP contribution in [0.5, 0.6) is 0 Å². The molecule has 8 fully saturated rings. The van der Waals surface area contributed by atoms with Gasteiger partial charge in [0.15, 0.2) is 0 Å². The molecule has 7 heterocycles. The van der Waals surface area contributed by atoms with E-state index in [0.717, 1.165) is 91.4 Å². The van der Waals surface area contributed by atoms with E-state index in [1.54, 1.807) is 0 Å². The van der Waals surface area contributed by atoms with Crippen LogP contribution in [0.1, 0.15) is 259 Å². The van der Waals surface area contributed by atoms with E-state index < -0.39 is 0 Å². The summed E-state index contributed by atoms with van der Waals surface area (Å²) in [6.45, 7) is 73.0. The maximum absolute atomic E-state index is 5.26. The Morgan fingerprint density at radius 2 is 0.648 bits per heavy atom. The summed E-state index contributed by atoms with van der Waals surface area (Å²) in [5.74, 6) is 9.93. The minimum atomic E-state index is 0.570. The van der Waals surface area contributed by atoms with Gasteiger partial charge in [0, 0.05) is 65.4 Å². The Bertz CT molecular complexity index is 1390. The molecule has 10 heteroatoms. The number of nitrogens with zero attached hydrogens (tertiary/aromatic N) is 7. The van der Waals surface area contributed by atoms with E-state index in [0.29, 0.717) is 5.41 Å². The maximum atomic E-state index is 5.26. The van der Waals surface area contributed by atoms with Gasteiger partial charge < -0.3 is 44.8 Å². The summed E-state index contributed by atoms with van der Waals surface area (Å²) in [7, 11) is 4.44. The lowest BCUT2D eigenvalue weighted by atomic mass is 9.65. The fourth-order valence-electron chi connectivity index (χ4n) is 13.3. The van der Waals surface area contributed by atoms with Crippen LogP contribution in [-0.4, -0.2) is 212 Å². The van der Waals surface area contributed by atoms with Gasteiger partial charge in [0.2, 0.25) is 0 Å². The highest BCUT2D eigenvalue weighted by Crippen LogP contribution is 2.43. The Labute approximate surface area is 554 Å². The third-order valence-corrected chi connectivity index (χ3v) is 20.7. The highest BCUT2D eigenvalue weighted by atomic mass is 16.5. The average Bonchev–Trinajstić information content (AvgIpc) is 3.90. The Morgan fingerprint density at radius 3 is 1.02 bits per heavy atom. The first-order valence-corrected chi connectivity index (χ1v) is 38.8. The van der Waals surface area contributed by atoms with Crippen molar-refractivity contribution in [2.45, 2.75) is 259 Å². The van der Waals surface area contributed by atoms with E-state index in [1.807, 2.05) is 0 Å². The third kappa shape index (κ3) is 49.2. The van der Waals surface area contributed by atoms with Crippen molar-refractivity contribution in [3.63, 3.8) is 0 Å². The van der Waals surface area contributed by atoms with Gasteiger partial charge in [-0.2, -0.15) is 0 Å². The van der Waals surface area contributed by atoms with Crippen molar-refractivity contribution in [2.24, 2.45) is 70.5 Å². The molecule has 0 unspecified atom stereocenters. The molecule has 0 atom stereocenters. The van der Waals surface area contributed by atoms with Crippen LogP contribution >= 0.6 is 0 Å². The smallest absolute Gasteiger partial charge is 0.0594 e. The first kappa shape index (κ1) is 85.6. The Balaban J connectivity index is 0.000000503. The summed E-state index contributed by atoms with van der Waals surface area (Å²) in [6, 6.07) is 0. The highest BCUT2D eigenvalue weighted by Gasteiger charge is 2.33. The molecule has 0 aromatic rings. The lowest BCUT2D eigenvalue weighted by molar-refractivity contribution is 0.0360. The van der Waals surface area contributed by atoms with Crippen molar-refractivity contribution in [2.75, 3.05) is 178 Å². The molecule has 0 radical (unpaired) electrons. The van der Waals surface area contributed by atoms with Crippen LogP contribution in [0.4, 0.5) is 0 Å². The first-order chi connectivity index (χ1) is 41.9. The van der Waals surface area contributed by atoms with Crippen molar-refractivity contribution in [1.29, 1.82) is 0 Å². The molecule has 8 rings (SSSR count). The maximum Gasteiger partial charge on any atom is 0.0594 e. The molecular weight excluding hydrogens is 1080 g/mol. The predicted octanol–water partition coefficient (Wildman–Crippen LogP) is 16.9. The molecule has 528 valence electrons. The monoisotopic (exact) mass is 1240 g/mol. The zero-order valence-electron chi connectivity index (χ0n) is 63.9. The van der Waals surface area contributed by atoms with Crippen molar-refractivity contribution in [3.05, 3.63) is 0 Å².